The quantitative estimate of drug-likeness (QED) is 0.465. The zero-order valence-corrected chi connectivity index (χ0v) is 5.39. The summed E-state index contributed by atoms with van der Waals surface area (Å²) in [4.78, 5) is 0. The van der Waals surface area contributed by atoms with Gasteiger partial charge >= 0.3 is 0 Å². The van der Waals surface area contributed by atoms with Crippen molar-refractivity contribution in [2.45, 2.75) is 26.0 Å². The largest absolute Gasteiger partial charge is 0.391 e. The first-order valence-electron chi connectivity index (χ1n) is 3.13. The molecule has 0 aromatic rings. The van der Waals surface area contributed by atoms with Crippen molar-refractivity contribution in [3.05, 3.63) is 0 Å². The van der Waals surface area contributed by atoms with Crippen LogP contribution in [0.1, 0.15) is 13.8 Å². The van der Waals surface area contributed by atoms with Crippen LogP contribution in [0.4, 0.5) is 0 Å². The summed E-state index contributed by atoms with van der Waals surface area (Å²) in [7, 11) is 0. The fourth-order valence-corrected chi connectivity index (χ4v) is 1.01. The average Bonchev–Trinajstić information content (AvgIpc) is 1.98. The maximum atomic E-state index is 9.11. The highest BCUT2D eigenvalue weighted by atomic mass is 16.3. The average molecular weight is 115 g/mol. The van der Waals surface area contributed by atoms with Gasteiger partial charge in [0.05, 0.1) is 6.10 Å². The molecule has 3 atom stereocenters. The molecule has 1 heterocycles. The predicted molar refractivity (Wildman–Crippen MR) is 32.6 cm³/mol. The lowest BCUT2D eigenvalue weighted by Gasteiger charge is -2.09. The Balaban J connectivity index is 2.44. The minimum Gasteiger partial charge on any atom is -0.391 e. The van der Waals surface area contributed by atoms with Crippen LogP contribution in [0.5, 0.6) is 0 Å². The van der Waals surface area contributed by atoms with E-state index in [1.807, 2.05) is 0 Å². The molecule has 2 heteroatoms. The maximum absolute atomic E-state index is 9.11. The number of nitrogens with one attached hydrogen (secondary N) is 1. The van der Waals surface area contributed by atoms with Crippen molar-refractivity contribution in [1.29, 1.82) is 0 Å². The van der Waals surface area contributed by atoms with E-state index in [4.69, 9.17) is 5.11 Å². The third kappa shape index (κ3) is 0.858. The van der Waals surface area contributed by atoms with Gasteiger partial charge in [0.25, 0.3) is 0 Å². The van der Waals surface area contributed by atoms with Crippen LogP contribution in [0.3, 0.4) is 0 Å². The van der Waals surface area contributed by atoms with E-state index in [2.05, 4.69) is 19.2 Å². The molecule has 0 aromatic carbocycles. The molecular weight excluding hydrogens is 102 g/mol. The van der Waals surface area contributed by atoms with E-state index in [0.717, 1.165) is 6.54 Å². The van der Waals surface area contributed by atoms with Gasteiger partial charge in [-0.2, -0.15) is 0 Å². The zero-order chi connectivity index (χ0) is 6.15. The molecule has 0 radical (unpaired) electrons. The van der Waals surface area contributed by atoms with Crippen LogP contribution in [0.25, 0.3) is 0 Å². The van der Waals surface area contributed by atoms with Crippen LogP contribution in [-0.4, -0.2) is 23.8 Å². The Morgan fingerprint density at radius 1 is 1.50 bits per heavy atom. The molecule has 0 aliphatic carbocycles. The van der Waals surface area contributed by atoms with Crippen molar-refractivity contribution in [1.82, 2.24) is 5.32 Å². The Hall–Kier alpha value is -0.0800. The highest BCUT2D eigenvalue weighted by Gasteiger charge is 2.26. The number of β-amino-alcohol motifs (C(OH)–C–C–N with tert-alkyl or cyclic N) is 1. The first-order valence-corrected chi connectivity index (χ1v) is 3.13. The van der Waals surface area contributed by atoms with Crippen LogP contribution < -0.4 is 5.32 Å². The molecule has 0 aromatic heterocycles. The highest BCUT2D eigenvalue weighted by molar-refractivity contribution is 4.83. The van der Waals surface area contributed by atoms with Crippen molar-refractivity contribution < 1.29 is 5.11 Å². The predicted octanol–water partition coefficient (Wildman–Crippen LogP) is -0.0249. The minimum atomic E-state index is -0.120. The van der Waals surface area contributed by atoms with E-state index in [1.54, 1.807) is 0 Å². The molecule has 1 fully saturated rings. The normalized spacial score (nSPS) is 47.6. The van der Waals surface area contributed by atoms with Crippen molar-refractivity contribution >= 4 is 0 Å². The van der Waals surface area contributed by atoms with Gasteiger partial charge in [0.2, 0.25) is 0 Å². The minimum absolute atomic E-state index is 0.120. The van der Waals surface area contributed by atoms with Gasteiger partial charge in [-0.1, -0.05) is 6.92 Å². The van der Waals surface area contributed by atoms with E-state index in [1.165, 1.54) is 0 Å². The third-order valence-electron chi connectivity index (χ3n) is 2.04. The van der Waals surface area contributed by atoms with Crippen molar-refractivity contribution in [2.75, 3.05) is 6.54 Å². The number of rotatable bonds is 0. The number of aliphatic hydroxyl groups excluding tert-OH is 1. The Morgan fingerprint density at radius 2 is 2.12 bits per heavy atom. The third-order valence-corrected chi connectivity index (χ3v) is 2.04. The molecule has 2 nitrogen and oxygen atoms in total. The standard InChI is InChI=1S/C6H13NO/c1-4-5(2)7-3-6(4)8/h4-8H,3H2,1-2H3/t4-,5-,6-/m1/s1. The van der Waals surface area contributed by atoms with Crippen LogP contribution >= 0.6 is 0 Å². The van der Waals surface area contributed by atoms with Crippen molar-refractivity contribution in [2.24, 2.45) is 5.92 Å². The molecule has 8 heavy (non-hydrogen) atoms. The topological polar surface area (TPSA) is 32.3 Å². The van der Waals surface area contributed by atoms with Gasteiger partial charge in [-0.3, -0.25) is 0 Å². The molecule has 0 amide bonds. The molecule has 1 aliphatic heterocycles. The summed E-state index contributed by atoms with van der Waals surface area (Å²) in [6, 6.07) is 0.491. The second-order valence-electron chi connectivity index (χ2n) is 2.62. The Kier molecular flexibility index (Phi) is 1.54. The van der Waals surface area contributed by atoms with Crippen LogP contribution in [0.15, 0.2) is 0 Å². The molecule has 2 N–H and O–H groups in total. The maximum Gasteiger partial charge on any atom is 0.0704 e. The van der Waals surface area contributed by atoms with Crippen molar-refractivity contribution in [3.8, 4) is 0 Å². The summed E-state index contributed by atoms with van der Waals surface area (Å²) < 4.78 is 0. The molecule has 1 aliphatic rings. The molecule has 1 rings (SSSR count). The summed E-state index contributed by atoms with van der Waals surface area (Å²) in [6.07, 6.45) is -0.120. The van der Waals surface area contributed by atoms with Gasteiger partial charge in [-0.15, -0.1) is 0 Å². The molecular formula is C6H13NO. The van der Waals surface area contributed by atoms with E-state index in [9.17, 15) is 0 Å². The van der Waals surface area contributed by atoms with E-state index < -0.39 is 0 Å². The Morgan fingerprint density at radius 3 is 2.25 bits per heavy atom. The van der Waals surface area contributed by atoms with Gasteiger partial charge in [0.15, 0.2) is 0 Å². The first kappa shape index (κ1) is 6.05. The lowest BCUT2D eigenvalue weighted by atomic mass is 10.0. The molecule has 0 bridgehead atoms. The van der Waals surface area contributed by atoms with E-state index >= 15 is 0 Å². The first-order chi connectivity index (χ1) is 3.72. The second-order valence-corrected chi connectivity index (χ2v) is 2.62. The number of hydrogen-bond acceptors (Lipinski definition) is 2. The smallest absolute Gasteiger partial charge is 0.0704 e. The van der Waals surface area contributed by atoms with Gasteiger partial charge < -0.3 is 10.4 Å². The summed E-state index contributed by atoms with van der Waals surface area (Å²) in [5.74, 6) is 0.426. The summed E-state index contributed by atoms with van der Waals surface area (Å²) >= 11 is 0. The fourth-order valence-electron chi connectivity index (χ4n) is 1.01. The van der Waals surface area contributed by atoms with Crippen LogP contribution in [0, 0.1) is 5.92 Å². The Labute approximate surface area is 49.9 Å². The monoisotopic (exact) mass is 115 g/mol. The summed E-state index contributed by atoms with van der Waals surface area (Å²) in [5.41, 5.74) is 0. The van der Waals surface area contributed by atoms with Gasteiger partial charge in [-0.05, 0) is 12.8 Å². The molecule has 0 unspecified atom stereocenters. The number of hydrogen-bond donors (Lipinski definition) is 2. The number of aliphatic hydroxyl groups is 1. The van der Waals surface area contributed by atoms with E-state index in [0.29, 0.717) is 12.0 Å². The SMILES string of the molecule is C[C@H]1[C@H](O)CN[C@@H]1C. The molecule has 0 saturated carbocycles. The summed E-state index contributed by atoms with van der Waals surface area (Å²) in [5, 5.41) is 12.3. The Bertz CT molecular complexity index is 74.6. The molecule has 0 spiro atoms. The highest BCUT2D eigenvalue weighted by Crippen LogP contribution is 2.13. The lowest BCUT2D eigenvalue weighted by molar-refractivity contribution is 0.149. The van der Waals surface area contributed by atoms with Gasteiger partial charge in [-0.25, -0.2) is 0 Å². The molecule has 48 valence electrons. The van der Waals surface area contributed by atoms with E-state index in [-0.39, 0.29) is 6.10 Å². The fraction of sp³-hybridized carbons (Fsp3) is 1.00. The lowest BCUT2D eigenvalue weighted by Crippen LogP contribution is -2.21. The summed E-state index contributed by atoms with van der Waals surface area (Å²) in [6.45, 7) is 4.93. The molecule has 1 saturated heterocycles. The zero-order valence-electron chi connectivity index (χ0n) is 5.39. The van der Waals surface area contributed by atoms with Gasteiger partial charge in [0.1, 0.15) is 0 Å². The van der Waals surface area contributed by atoms with Crippen LogP contribution in [0.2, 0.25) is 0 Å². The van der Waals surface area contributed by atoms with Gasteiger partial charge in [0, 0.05) is 12.6 Å². The second kappa shape index (κ2) is 2.03. The van der Waals surface area contributed by atoms with Crippen LogP contribution in [-0.2, 0) is 0 Å². The van der Waals surface area contributed by atoms with Crippen molar-refractivity contribution in [3.63, 3.8) is 0 Å².